The molecule has 1 aliphatic heterocycles. The molecular formula is C29H34N6O2. The van der Waals surface area contributed by atoms with E-state index >= 15 is 0 Å². The molecule has 1 fully saturated rings. The summed E-state index contributed by atoms with van der Waals surface area (Å²) in [4.78, 5) is 20.3. The van der Waals surface area contributed by atoms with Gasteiger partial charge in [-0.3, -0.25) is 9.48 Å². The van der Waals surface area contributed by atoms with Crippen molar-refractivity contribution in [3.05, 3.63) is 71.2 Å². The molecule has 8 nitrogen and oxygen atoms in total. The molecule has 1 saturated heterocycles. The lowest BCUT2D eigenvalue weighted by Crippen LogP contribution is -2.27. The largest absolute Gasteiger partial charge is 0.508 e. The summed E-state index contributed by atoms with van der Waals surface area (Å²) in [5.41, 5.74) is 6.20. The number of hydrogen-bond acceptors (Lipinski definition) is 6. The van der Waals surface area contributed by atoms with E-state index in [0.29, 0.717) is 23.7 Å². The Bertz CT molecular complexity index is 1450. The standard InChI is InChI=1S/C29H34N6O2/c1-5-35-19(3)22(15-31-35)17-34(4)29(37)28-26-14-25(36)7-6-20(26)13-27(33-28)21-10-18(2)11-24(12-21)32-23-8-9-30-16-23/h6-7,10-15,23,30,32,36H,5,8-9,16-17H2,1-4H3. The number of fused-ring (bicyclic) bond motifs is 1. The first-order valence-corrected chi connectivity index (χ1v) is 12.8. The van der Waals surface area contributed by atoms with Gasteiger partial charge in [-0.05, 0) is 81.1 Å². The monoisotopic (exact) mass is 498 g/mol. The number of carbonyl (C=O) groups excluding carboxylic acids is 1. The van der Waals surface area contributed by atoms with Crippen LogP contribution in [0.3, 0.4) is 0 Å². The summed E-state index contributed by atoms with van der Waals surface area (Å²) >= 11 is 0. The maximum Gasteiger partial charge on any atom is 0.273 e. The Balaban J connectivity index is 1.53. The molecule has 0 bridgehead atoms. The molecule has 5 rings (SSSR count). The summed E-state index contributed by atoms with van der Waals surface area (Å²) in [6.45, 7) is 9.30. The number of aryl methyl sites for hydroxylation is 2. The lowest BCUT2D eigenvalue weighted by molar-refractivity contribution is 0.0781. The van der Waals surface area contributed by atoms with Gasteiger partial charge < -0.3 is 20.6 Å². The Labute approximate surface area is 217 Å². The summed E-state index contributed by atoms with van der Waals surface area (Å²) in [5.74, 6) is -0.102. The average Bonchev–Trinajstić information content (AvgIpc) is 3.52. The van der Waals surface area contributed by atoms with E-state index in [1.54, 1.807) is 24.1 Å². The van der Waals surface area contributed by atoms with Gasteiger partial charge in [0.15, 0.2) is 0 Å². The number of aromatic nitrogens is 3. The molecule has 1 amide bonds. The van der Waals surface area contributed by atoms with Gasteiger partial charge in [-0.1, -0.05) is 6.07 Å². The van der Waals surface area contributed by atoms with Crippen molar-refractivity contribution in [2.24, 2.45) is 0 Å². The SMILES string of the molecule is CCn1ncc(CN(C)C(=O)c2nc(-c3cc(C)cc(NC4CCNC4)c3)cc3ccc(O)cc23)c1C. The predicted octanol–water partition coefficient (Wildman–Crippen LogP) is 4.49. The number of aromatic hydroxyl groups is 1. The molecule has 0 aliphatic carbocycles. The van der Waals surface area contributed by atoms with Crippen molar-refractivity contribution in [2.75, 3.05) is 25.5 Å². The highest BCUT2D eigenvalue weighted by atomic mass is 16.3. The molecule has 37 heavy (non-hydrogen) atoms. The number of nitrogens with zero attached hydrogens (tertiary/aromatic N) is 4. The van der Waals surface area contributed by atoms with Gasteiger partial charge in [-0.15, -0.1) is 0 Å². The lowest BCUT2D eigenvalue weighted by Gasteiger charge is -2.19. The molecule has 1 unspecified atom stereocenters. The van der Waals surface area contributed by atoms with Crippen molar-refractivity contribution in [1.82, 2.24) is 25.0 Å². The number of nitrogens with one attached hydrogen (secondary N) is 2. The van der Waals surface area contributed by atoms with E-state index in [-0.39, 0.29) is 11.7 Å². The number of carbonyl (C=O) groups is 1. The van der Waals surface area contributed by atoms with Crippen molar-refractivity contribution in [1.29, 1.82) is 0 Å². The number of phenols is 1. The first kappa shape index (κ1) is 24.8. The molecule has 3 heterocycles. The first-order chi connectivity index (χ1) is 17.8. The molecule has 0 saturated carbocycles. The lowest BCUT2D eigenvalue weighted by atomic mass is 10.0. The van der Waals surface area contributed by atoms with Crippen molar-refractivity contribution >= 4 is 22.4 Å². The first-order valence-electron chi connectivity index (χ1n) is 12.8. The summed E-state index contributed by atoms with van der Waals surface area (Å²) in [7, 11) is 1.78. The van der Waals surface area contributed by atoms with Crippen molar-refractivity contribution < 1.29 is 9.90 Å². The average molecular weight is 499 g/mol. The molecular weight excluding hydrogens is 464 g/mol. The minimum atomic E-state index is -0.205. The third-order valence-corrected chi connectivity index (χ3v) is 7.08. The second-order valence-corrected chi connectivity index (χ2v) is 9.92. The summed E-state index contributed by atoms with van der Waals surface area (Å²) in [6.07, 6.45) is 2.90. The number of hydrogen-bond donors (Lipinski definition) is 3. The molecule has 0 spiro atoms. The maximum atomic E-state index is 13.7. The van der Waals surface area contributed by atoms with E-state index in [1.807, 2.05) is 36.9 Å². The second-order valence-electron chi connectivity index (χ2n) is 9.92. The van der Waals surface area contributed by atoms with Crippen LogP contribution < -0.4 is 10.6 Å². The van der Waals surface area contributed by atoms with Crippen LogP contribution in [-0.2, 0) is 13.1 Å². The van der Waals surface area contributed by atoms with Gasteiger partial charge in [0, 0.05) is 60.6 Å². The molecule has 3 N–H and O–H groups in total. The fourth-order valence-corrected chi connectivity index (χ4v) is 5.04. The number of benzene rings is 2. The number of amides is 1. The Kier molecular flexibility index (Phi) is 6.84. The van der Waals surface area contributed by atoms with Gasteiger partial charge in [0.25, 0.3) is 5.91 Å². The number of anilines is 1. The Hall–Kier alpha value is -3.91. The van der Waals surface area contributed by atoms with Crippen LogP contribution in [0.4, 0.5) is 5.69 Å². The van der Waals surface area contributed by atoms with E-state index in [0.717, 1.165) is 65.2 Å². The van der Waals surface area contributed by atoms with Gasteiger partial charge >= 0.3 is 0 Å². The maximum absolute atomic E-state index is 13.7. The minimum absolute atomic E-state index is 0.103. The van der Waals surface area contributed by atoms with Gasteiger partial charge in [-0.25, -0.2) is 4.98 Å². The predicted molar refractivity (Wildman–Crippen MR) is 147 cm³/mol. The third-order valence-electron chi connectivity index (χ3n) is 7.08. The van der Waals surface area contributed by atoms with Crippen LogP contribution in [-0.4, -0.2) is 56.9 Å². The Morgan fingerprint density at radius 1 is 1.22 bits per heavy atom. The van der Waals surface area contributed by atoms with Gasteiger partial charge in [0.2, 0.25) is 0 Å². The molecule has 2 aromatic heterocycles. The molecule has 0 radical (unpaired) electrons. The summed E-state index contributed by atoms with van der Waals surface area (Å²) in [5, 5.41) is 23.1. The molecule has 8 heteroatoms. The fourth-order valence-electron chi connectivity index (χ4n) is 5.04. The van der Waals surface area contributed by atoms with Gasteiger partial charge in [0.05, 0.1) is 11.9 Å². The normalized spacial score (nSPS) is 15.3. The van der Waals surface area contributed by atoms with Crippen LogP contribution in [0.15, 0.2) is 48.7 Å². The quantitative estimate of drug-likeness (QED) is 0.348. The molecule has 1 aliphatic rings. The number of phenolic OH excluding ortho intramolecular Hbond substituents is 1. The van der Waals surface area contributed by atoms with E-state index in [9.17, 15) is 9.90 Å². The highest BCUT2D eigenvalue weighted by Crippen LogP contribution is 2.31. The van der Waals surface area contributed by atoms with E-state index in [4.69, 9.17) is 4.98 Å². The van der Waals surface area contributed by atoms with Crippen LogP contribution in [0.1, 0.15) is 40.7 Å². The summed E-state index contributed by atoms with van der Waals surface area (Å²) in [6, 6.07) is 13.8. The second kappa shape index (κ2) is 10.2. The van der Waals surface area contributed by atoms with Crippen molar-refractivity contribution in [3.8, 4) is 17.0 Å². The smallest absolute Gasteiger partial charge is 0.273 e. The zero-order chi connectivity index (χ0) is 26.1. The number of rotatable bonds is 7. The van der Waals surface area contributed by atoms with Crippen molar-refractivity contribution in [3.63, 3.8) is 0 Å². The fraction of sp³-hybridized carbons (Fsp3) is 0.345. The minimum Gasteiger partial charge on any atom is -0.508 e. The van der Waals surface area contributed by atoms with Crippen LogP contribution in [0.2, 0.25) is 0 Å². The van der Waals surface area contributed by atoms with Crippen molar-refractivity contribution in [2.45, 2.75) is 46.3 Å². The van der Waals surface area contributed by atoms with E-state index in [2.05, 4.69) is 40.9 Å². The van der Waals surface area contributed by atoms with Crippen LogP contribution in [0, 0.1) is 13.8 Å². The molecule has 1 atom stereocenters. The third kappa shape index (κ3) is 5.15. The zero-order valence-corrected chi connectivity index (χ0v) is 21.9. The molecule has 4 aromatic rings. The highest BCUT2D eigenvalue weighted by Gasteiger charge is 2.21. The van der Waals surface area contributed by atoms with Gasteiger partial charge in [-0.2, -0.15) is 5.10 Å². The molecule has 2 aromatic carbocycles. The molecule has 192 valence electrons. The summed E-state index contributed by atoms with van der Waals surface area (Å²) < 4.78 is 1.92. The zero-order valence-electron chi connectivity index (χ0n) is 21.9. The Morgan fingerprint density at radius 2 is 2.05 bits per heavy atom. The van der Waals surface area contributed by atoms with Crippen LogP contribution >= 0.6 is 0 Å². The van der Waals surface area contributed by atoms with Crippen LogP contribution in [0.25, 0.3) is 22.0 Å². The van der Waals surface area contributed by atoms with Gasteiger partial charge in [0.1, 0.15) is 11.4 Å². The van der Waals surface area contributed by atoms with Crippen LogP contribution in [0.5, 0.6) is 5.75 Å². The highest BCUT2D eigenvalue weighted by molar-refractivity contribution is 6.06. The van der Waals surface area contributed by atoms with E-state index in [1.165, 1.54) is 0 Å². The number of pyridine rings is 1. The topological polar surface area (TPSA) is 95.3 Å². The van der Waals surface area contributed by atoms with E-state index < -0.39 is 0 Å². The Morgan fingerprint density at radius 3 is 2.78 bits per heavy atom.